The zero-order valence-electron chi connectivity index (χ0n) is 4.69. The van der Waals surface area contributed by atoms with E-state index in [1.165, 1.54) is 0 Å². The van der Waals surface area contributed by atoms with Gasteiger partial charge in [-0.2, -0.15) is 5.10 Å². The second-order valence-corrected chi connectivity index (χ2v) is 3.18. The predicted molar refractivity (Wildman–Crippen MR) is 45.7 cm³/mol. The van der Waals surface area contributed by atoms with E-state index in [-0.39, 0.29) is 0 Å². The number of hydrogen-bond donors (Lipinski definition) is 1. The molecule has 1 aromatic rings. The first-order valence-electron chi connectivity index (χ1n) is 2.58. The summed E-state index contributed by atoms with van der Waals surface area (Å²) < 4.78 is 1.16. The Bertz CT molecular complexity index is 187. The van der Waals surface area contributed by atoms with Gasteiger partial charge in [0.15, 0.2) is 0 Å². The molecule has 0 atom stereocenters. The zero-order chi connectivity index (χ0) is 6.69. The number of aromatic nitrogens is 2. The average molecular weight is 256 g/mol. The topological polar surface area (TPSA) is 28.7 Å². The molecular weight excluding hydrogens is 250 g/mol. The summed E-state index contributed by atoms with van der Waals surface area (Å²) in [5.74, 6) is 0.651. The largest absolute Gasteiger partial charge is 0.281 e. The molecular formula is C5H6ClIN2. The smallest absolute Gasteiger partial charge is 0.0624 e. The summed E-state index contributed by atoms with van der Waals surface area (Å²) in [5, 5.41) is 6.71. The second-order valence-electron chi connectivity index (χ2n) is 1.64. The van der Waals surface area contributed by atoms with Crippen LogP contribution in [-0.2, 0) is 6.42 Å². The minimum absolute atomic E-state index is 0.651. The van der Waals surface area contributed by atoms with Crippen molar-refractivity contribution in [2.45, 2.75) is 6.42 Å². The zero-order valence-corrected chi connectivity index (χ0v) is 7.61. The van der Waals surface area contributed by atoms with Crippen LogP contribution in [0.1, 0.15) is 5.69 Å². The van der Waals surface area contributed by atoms with Gasteiger partial charge >= 0.3 is 0 Å². The molecule has 0 saturated carbocycles. The highest BCUT2D eigenvalue weighted by molar-refractivity contribution is 14.1. The molecule has 0 amide bonds. The van der Waals surface area contributed by atoms with Gasteiger partial charge in [0.25, 0.3) is 0 Å². The first-order chi connectivity index (χ1) is 4.34. The Morgan fingerprint density at radius 1 is 1.78 bits per heavy atom. The van der Waals surface area contributed by atoms with Crippen LogP contribution in [-0.4, -0.2) is 16.1 Å². The number of nitrogens with zero attached hydrogens (tertiary/aromatic N) is 1. The van der Waals surface area contributed by atoms with Gasteiger partial charge in [-0.05, 0) is 22.6 Å². The number of alkyl halides is 1. The van der Waals surface area contributed by atoms with Crippen LogP contribution in [0.2, 0.25) is 0 Å². The van der Waals surface area contributed by atoms with Gasteiger partial charge in [0.1, 0.15) is 0 Å². The Hall–Kier alpha value is 0.230. The molecule has 0 radical (unpaired) electrons. The molecule has 0 aromatic carbocycles. The molecule has 0 spiro atoms. The summed E-state index contributed by atoms with van der Waals surface area (Å²) in [7, 11) is 0. The van der Waals surface area contributed by atoms with E-state index < -0.39 is 0 Å². The minimum atomic E-state index is 0.651. The van der Waals surface area contributed by atoms with Gasteiger partial charge in [-0.25, -0.2) is 0 Å². The number of hydrogen-bond acceptors (Lipinski definition) is 1. The minimum Gasteiger partial charge on any atom is -0.281 e. The maximum Gasteiger partial charge on any atom is 0.0624 e. The molecule has 1 aromatic heterocycles. The molecule has 50 valence electrons. The predicted octanol–water partition coefficient (Wildman–Crippen LogP) is 1.80. The van der Waals surface area contributed by atoms with Crippen molar-refractivity contribution in [2.24, 2.45) is 0 Å². The van der Waals surface area contributed by atoms with Crippen LogP contribution in [0.3, 0.4) is 0 Å². The van der Waals surface area contributed by atoms with Crippen LogP contribution in [0.4, 0.5) is 0 Å². The number of rotatable bonds is 2. The van der Waals surface area contributed by atoms with E-state index in [0.29, 0.717) is 5.88 Å². The molecule has 0 aliphatic carbocycles. The average Bonchev–Trinajstić information content (AvgIpc) is 2.18. The fourth-order valence-corrected chi connectivity index (χ4v) is 1.29. The van der Waals surface area contributed by atoms with Crippen molar-refractivity contribution in [3.8, 4) is 0 Å². The van der Waals surface area contributed by atoms with Gasteiger partial charge in [-0.15, -0.1) is 11.6 Å². The van der Waals surface area contributed by atoms with Crippen molar-refractivity contribution in [2.75, 3.05) is 5.88 Å². The normalized spacial score (nSPS) is 10.0. The highest BCUT2D eigenvalue weighted by Gasteiger charge is 1.98. The molecule has 0 aliphatic rings. The van der Waals surface area contributed by atoms with E-state index in [2.05, 4.69) is 32.8 Å². The van der Waals surface area contributed by atoms with Crippen LogP contribution >= 0.6 is 34.2 Å². The van der Waals surface area contributed by atoms with Gasteiger partial charge in [0, 0.05) is 18.0 Å². The third-order valence-corrected chi connectivity index (χ3v) is 2.13. The third-order valence-electron chi connectivity index (χ3n) is 1.01. The van der Waals surface area contributed by atoms with Crippen LogP contribution in [0, 0.1) is 3.57 Å². The Labute approximate surface area is 72.1 Å². The van der Waals surface area contributed by atoms with Crippen molar-refractivity contribution < 1.29 is 0 Å². The molecule has 1 heterocycles. The Kier molecular flexibility index (Phi) is 2.78. The number of aryl methyl sites for hydroxylation is 1. The fourth-order valence-electron chi connectivity index (χ4n) is 0.568. The van der Waals surface area contributed by atoms with E-state index in [0.717, 1.165) is 15.7 Å². The molecule has 0 aliphatic heterocycles. The van der Waals surface area contributed by atoms with Crippen molar-refractivity contribution in [1.82, 2.24) is 10.2 Å². The van der Waals surface area contributed by atoms with Crippen LogP contribution < -0.4 is 0 Å². The van der Waals surface area contributed by atoms with E-state index in [9.17, 15) is 0 Å². The number of H-pyrrole nitrogens is 1. The molecule has 1 rings (SSSR count). The van der Waals surface area contributed by atoms with Crippen molar-refractivity contribution in [3.63, 3.8) is 0 Å². The second kappa shape index (κ2) is 3.41. The number of nitrogens with one attached hydrogen (secondary N) is 1. The SMILES string of the molecule is ClCCc1[nH]ncc1I. The van der Waals surface area contributed by atoms with E-state index in [4.69, 9.17) is 11.6 Å². The lowest BCUT2D eigenvalue weighted by Crippen LogP contribution is -1.87. The lowest BCUT2D eigenvalue weighted by atomic mass is 10.3. The molecule has 2 nitrogen and oxygen atoms in total. The van der Waals surface area contributed by atoms with Crippen LogP contribution in [0.5, 0.6) is 0 Å². The lowest BCUT2D eigenvalue weighted by molar-refractivity contribution is 0.975. The summed E-state index contributed by atoms with van der Waals surface area (Å²) in [4.78, 5) is 0. The molecule has 0 saturated heterocycles. The summed E-state index contributed by atoms with van der Waals surface area (Å²) in [6.07, 6.45) is 2.67. The molecule has 0 fully saturated rings. The first kappa shape index (κ1) is 7.34. The maximum atomic E-state index is 5.51. The van der Waals surface area contributed by atoms with E-state index >= 15 is 0 Å². The number of aromatic amines is 1. The number of halogens is 2. The maximum absolute atomic E-state index is 5.51. The Morgan fingerprint density at radius 2 is 2.56 bits per heavy atom. The van der Waals surface area contributed by atoms with Gasteiger partial charge in [0.05, 0.1) is 9.77 Å². The summed E-state index contributed by atoms with van der Waals surface area (Å²) >= 11 is 7.74. The monoisotopic (exact) mass is 256 g/mol. The summed E-state index contributed by atoms with van der Waals surface area (Å²) in [6.45, 7) is 0. The molecule has 0 bridgehead atoms. The van der Waals surface area contributed by atoms with E-state index in [1.807, 2.05) is 0 Å². The van der Waals surface area contributed by atoms with Gasteiger partial charge in [0.2, 0.25) is 0 Å². The molecule has 4 heteroatoms. The highest BCUT2D eigenvalue weighted by Crippen LogP contribution is 2.08. The summed E-state index contributed by atoms with van der Waals surface area (Å²) in [6, 6.07) is 0. The van der Waals surface area contributed by atoms with Crippen molar-refractivity contribution in [1.29, 1.82) is 0 Å². The van der Waals surface area contributed by atoms with Crippen molar-refractivity contribution in [3.05, 3.63) is 15.5 Å². The molecule has 1 N–H and O–H groups in total. The third kappa shape index (κ3) is 1.82. The van der Waals surface area contributed by atoms with Gasteiger partial charge < -0.3 is 0 Å². The summed E-state index contributed by atoms with van der Waals surface area (Å²) in [5.41, 5.74) is 1.13. The van der Waals surface area contributed by atoms with Gasteiger partial charge in [-0.1, -0.05) is 0 Å². The van der Waals surface area contributed by atoms with Crippen molar-refractivity contribution >= 4 is 34.2 Å². The Morgan fingerprint density at radius 3 is 3.00 bits per heavy atom. The van der Waals surface area contributed by atoms with Crippen LogP contribution in [0.25, 0.3) is 0 Å². The van der Waals surface area contributed by atoms with Crippen LogP contribution in [0.15, 0.2) is 6.20 Å². The van der Waals surface area contributed by atoms with E-state index in [1.54, 1.807) is 6.20 Å². The standard InChI is InChI=1S/C5H6ClIN2/c6-2-1-5-4(7)3-8-9-5/h3H,1-2H2,(H,8,9). The Balaban J connectivity index is 2.69. The fraction of sp³-hybridized carbons (Fsp3) is 0.400. The quantitative estimate of drug-likeness (QED) is 0.634. The van der Waals surface area contributed by atoms with Gasteiger partial charge in [-0.3, -0.25) is 5.10 Å². The first-order valence-corrected chi connectivity index (χ1v) is 4.19. The molecule has 0 unspecified atom stereocenters. The lowest BCUT2D eigenvalue weighted by Gasteiger charge is -1.89. The highest BCUT2D eigenvalue weighted by atomic mass is 127. The molecule has 9 heavy (non-hydrogen) atoms.